The van der Waals surface area contributed by atoms with Gasteiger partial charge in [0, 0.05) is 26.3 Å². The molecule has 1 aliphatic carbocycles. The molecule has 0 N–H and O–H groups in total. The van der Waals surface area contributed by atoms with Gasteiger partial charge < -0.3 is 4.98 Å². The van der Waals surface area contributed by atoms with E-state index in [1.807, 2.05) is 0 Å². The minimum absolute atomic E-state index is 0. The van der Waals surface area contributed by atoms with E-state index in [4.69, 9.17) is 4.98 Å². The molecule has 1 aromatic heterocycles. The van der Waals surface area contributed by atoms with E-state index in [1.165, 1.54) is 44.1 Å². The fraction of sp³-hybridized carbons (Fsp3) is 0.560. The predicted molar refractivity (Wildman–Crippen MR) is 120 cm³/mol. The summed E-state index contributed by atoms with van der Waals surface area (Å²) in [5, 5.41) is 1.55. The van der Waals surface area contributed by atoms with Crippen LogP contribution < -0.4 is 5.19 Å². The number of hydrogen-bond donors (Lipinski definition) is 0. The minimum atomic E-state index is -1.40. The van der Waals surface area contributed by atoms with E-state index in [9.17, 15) is 0 Å². The summed E-state index contributed by atoms with van der Waals surface area (Å²) in [6, 6.07) is 12.3. The summed E-state index contributed by atoms with van der Waals surface area (Å²) in [5.41, 5.74) is 5.28. The van der Waals surface area contributed by atoms with Gasteiger partial charge in [-0.05, 0) is 28.6 Å². The van der Waals surface area contributed by atoms with Crippen molar-refractivity contribution in [1.29, 1.82) is 0 Å². The molecule has 155 valence electrons. The summed E-state index contributed by atoms with van der Waals surface area (Å²) >= 11 is 0. The summed E-state index contributed by atoms with van der Waals surface area (Å²) in [6.07, 6.45) is 10.5. The average molecular weight is 571 g/mol. The molecular formula is C25H36IrNSi-. The number of rotatable bonds is 4. The first-order valence-corrected chi connectivity index (χ1v) is 14.2. The average Bonchev–Trinajstić information content (AvgIpc) is 2.61. The Balaban J connectivity index is 0.00000280. The quantitative estimate of drug-likeness (QED) is 0.302. The van der Waals surface area contributed by atoms with E-state index in [2.05, 4.69) is 76.9 Å². The van der Waals surface area contributed by atoms with Crippen molar-refractivity contribution in [3.05, 3.63) is 47.7 Å². The van der Waals surface area contributed by atoms with Crippen LogP contribution in [0.2, 0.25) is 19.6 Å². The molecule has 0 spiro atoms. The molecule has 0 amide bonds. The zero-order valence-corrected chi connectivity index (χ0v) is 21.9. The minimum Gasteiger partial charge on any atom is -0.305 e. The Bertz CT molecular complexity index is 780. The number of hydrogen-bond acceptors (Lipinski definition) is 1. The molecule has 1 aromatic carbocycles. The second-order valence-corrected chi connectivity index (χ2v) is 15.5. The first kappa shape index (κ1) is 23.5. The van der Waals surface area contributed by atoms with Crippen molar-refractivity contribution in [3.8, 4) is 11.3 Å². The van der Waals surface area contributed by atoms with Crippen LogP contribution in [0, 0.1) is 12.0 Å². The smallest absolute Gasteiger partial charge is 0.0798 e. The maximum atomic E-state index is 4.90. The Labute approximate surface area is 187 Å². The third-order valence-corrected chi connectivity index (χ3v) is 8.04. The zero-order valence-electron chi connectivity index (χ0n) is 18.5. The standard InChI is InChI=1S/C25H36NSi.Ir/c1-25(2,3)22-14-10-13-20(16-22)23-17-21(15-19-11-8-7-9-12-19)24(18-26-23)27(4,5)6;/h10,14,16-19H,7-9,11-12,15H2,1-6H3;/q-1;. The van der Waals surface area contributed by atoms with Crippen LogP contribution in [0.3, 0.4) is 0 Å². The monoisotopic (exact) mass is 571 g/mol. The van der Waals surface area contributed by atoms with E-state index in [-0.39, 0.29) is 25.5 Å². The molecule has 0 bridgehead atoms. The molecule has 2 aromatic rings. The SMILES string of the molecule is CC(C)(C)c1cc[c-]c(-c2cc(CC3CCCCC3)c([Si](C)(C)C)cn2)c1.[Ir]. The molecule has 1 radical (unpaired) electrons. The molecule has 1 aliphatic rings. The molecule has 0 aliphatic heterocycles. The van der Waals surface area contributed by atoms with Crippen LogP contribution in [0.15, 0.2) is 30.5 Å². The van der Waals surface area contributed by atoms with Gasteiger partial charge in [-0.25, -0.2) is 0 Å². The van der Waals surface area contributed by atoms with Crippen molar-refractivity contribution >= 4 is 13.3 Å². The molecule has 0 unspecified atom stereocenters. The van der Waals surface area contributed by atoms with Gasteiger partial charge in [0.25, 0.3) is 0 Å². The largest absolute Gasteiger partial charge is 0.305 e. The van der Waals surface area contributed by atoms with Crippen LogP contribution in [-0.2, 0) is 31.9 Å². The first-order chi connectivity index (χ1) is 12.6. The van der Waals surface area contributed by atoms with Crippen molar-refractivity contribution in [1.82, 2.24) is 4.98 Å². The Hall–Kier alpha value is -0.764. The van der Waals surface area contributed by atoms with Crippen LogP contribution in [0.25, 0.3) is 11.3 Å². The van der Waals surface area contributed by atoms with E-state index in [1.54, 1.807) is 10.8 Å². The number of nitrogens with zero attached hydrogens (tertiary/aromatic N) is 1. The fourth-order valence-corrected chi connectivity index (χ4v) is 5.86. The third kappa shape index (κ3) is 5.87. The zero-order chi connectivity index (χ0) is 19.7. The Morgan fingerprint density at radius 2 is 1.75 bits per heavy atom. The van der Waals surface area contributed by atoms with Gasteiger partial charge in [-0.2, -0.15) is 0 Å². The van der Waals surface area contributed by atoms with Crippen LogP contribution >= 0.6 is 0 Å². The van der Waals surface area contributed by atoms with Crippen LogP contribution in [0.4, 0.5) is 0 Å². The van der Waals surface area contributed by atoms with Gasteiger partial charge in [0.05, 0.1) is 8.07 Å². The second kappa shape index (κ2) is 9.37. The van der Waals surface area contributed by atoms with E-state index < -0.39 is 8.07 Å². The van der Waals surface area contributed by atoms with Gasteiger partial charge in [-0.1, -0.05) is 84.1 Å². The van der Waals surface area contributed by atoms with Crippen LogP contribution in [0.1, 0.15) is 64.0 Å². The van der Waals surface area contributed by atoms with Gasteiger partial charge in [-0.3, -0.25) is 0 Å². The molecule has 0 saturated heterocycles. The summed E-state index contributed by atoms with van der Waals surface area (Å²) in [5.74, 6) is 0.856. The molecule has 0 atom stereocenters. The van der Waals surface area contributed by atoms with E-state index in [0.717, 1.165) is 17.2 Å². The Kier molecular flexibility index (Phi) is 7.87. The van der Waals surface area contributed by atoms with Crippen molar-refractivity contribution < 1.29 is 20.1 Å². The van der Waals surface area contributed by atoms with Gasteiger partial charge in [0.1, 0.15) is 0 Å². The molecular weight excluding hydrogens is 535 g/mol. The topological polar surface area (TPSA) is 12.9 Å². The van der Waals surface area contributed by atoms with Gasteiger partial charge in [0.15, 0.2) is 0 Å². The number of pyridine rings is 1. The van der Waals surface area contributed by atoms with Crippen molar-refractivity contribution in [2.45, 2.75) is 84.4 Å². The van der Waals surface area contributed by atoms with E-state index >= 15 is 0 Å². The fourth-order valence-electron chi connectivity index (χ4n) is 4.27. The molecule has 3 heteroatoms. The summed E-state index contributed by atoms with van der Waals surface area (Å²) < 4.78 is 0. The Morgan fingerprint density at radius 1 is 1.07 bits per heavy atom. The van der Waals surface area contributed by atoms with Crippen molar-refractivity contribution in [2.24, 2.45) is 5.92 Å². The molecule has 1 heterocycles. The van der Waals surface area contributed by atoms with Crippen LogP contribution in [-0.4, -0.2) is 13.1 Å². The van der Waals surface area contributed by atoms with Gasteiger partial charge in [0.2, 0.25) is 0 Å². The van der Waals surface area contributed by atoms with Gasteiger partial charge in [-0.15, -0.1) is 35.4 Å². The second-order valence-electron chi connectivity index (χ2n) is 10.4. The van der Waals surface area contributed by atoms with E-state index in [0.29, 0.717) is 0 Å². The summed E-state index contributed by atoms with van der Waals surface area (Å²) in [6.45, 7) is 14.1. The Morgan fingerprint density at radius 3 is 2.36 bits per heavy atom. The molecule has 3 rings (SSSR count). The number of benzene rings is 1. The van der Waals surface area contributed by atoms with Crippen molar-refractivity contribution in [3.63, 3.8) is 0 Å². The van der Waals surface area contributed by atoms with Crippen LogP contribution in [0.5, 0.6) is 0 Å². The molecule has 1 saturated carbocycles. The third-order valence-electron chi connectivity index (χ3n) is 5.97. The molecule has 1 fully saturated rings. The summed E-state index contributed by atoms with van der Waals surface area (Å²) in [4.78, 5) is 4.90. The van der Waals surface area contributed by atoms with Gasteiger partial charge >= 0.3 is 0 Å². The normalized spacial score (nSPS) is 15.9. The molecule has 28 heavy (non-hydrogen) atoms. The maximum absolute atomic E-state index is 4.90. The number of aromatic nitrogens is 1. The molecule has 1 nitrogen and oxygen atoms in total. The maximum Gasteiger partial charge on any atom is 0.0798 e. The summed E-state index contributed by atoms with van der Waals surface area (Å²) in [7, 11) is -1.40. The van der Waals surface area contributed by atoms with Crippen molar-refractivity contribution in [2.75, 3.05) is 0 Å². The predicted octanol–water partition coefficient (Wildman–Crippen LogP) is 6.51. The first-order valence-electron chi connectivity index (χ1n) is 10.7.